The molecular weight excluding hydrogens is 550 g/mol. The Hall–Kier alpha value is -7.62. The van der Waals surface area contributed by atoms with E-state index in [9.17, 15) is 5.11 Å². The van der Waals surface area contributed by atoms with Crippen LogP contribution in [0.5, 0.6) is 11.5 Å². The minimum atomic E-state index is -0.0879. The molecule has 0 bridgehead atoms. The van der Waals surface area contributed by atoms with Crippen molar-refractivity contribution in [2.45, 2.75) is 12.6 Å². The second-order valence-electron chi connectivity index (χ2n) is 8.18. The van der Waals surface area contributed by atoms with Crippen LogP contribution in [-0.4, -0.2) is 5.11 Å². The summed E-state index contributed by atoms with van der Waals surface area (Å²) in [6.45, 7) is 0.682. The zero-order valence-electron chi connectivity index (χ0n) is 23.7. The van der Waals surface area contributed by atoms with Crippen LogP contribution in [0.1, 0.15) is 22.7 Å². The zero-order chi connectivity index (χ0) is 31.6. The van der Waals surface area contributed by atoms with Crippen molar-refractivity contribution in [1.82, 2.24) is 5.32 Å². The van der Waals surface area contributed by atoms with Crippen LogP contribution in [0.3, 0.4) is 0 Å². The summed E-state index contributed by atoms with van der Waals surface area (Å²) in [5, 5.41) is 13.3. The van der Waals surface area contributed by atoms with Crippen LogP contribution in [0.2, 0.25) is 0 Å². The molecule has 3 heteroatoms. The van der Waals surface area contributed by atoms with E-state index in [0.29, 0.717) is 12.3 Å². The van der Waals surface area contributed by atoms with Gasteiger partial charge >= 0.3 is 0 Å². The average Bonchev–Trinajstić information content (AvgIpc) is 3.07. The van der Waals surface area contributed by atoms with E-state index in [1.54, 1.807) is 12.1 Å². The van der Waals surface area contributed by atoms with Crippen molar-refractivity contribution in [2.75, 3.05) is 0 Å². The quantitative estimate of drug-likeness (QED) is 0.436. The van der Waals surface area contributed by atoms with Gasteiger partial charge in [0.15, 0.2) is 0 Å². The van der Waals surface area contributed by atoms with E-state index in [0.717, 1.165) is 11.1 Å². The maximum Gasteiger partial charge on any atom is 0.140 e. The molecule has 0 aliphatic rings. The van der Waals surface area contributed by atoms with E-state index in [4.69, 9.17) is 11.2 Å². The molecule has 45 heavy (non-hydrogen) atoms. The molecule has 1 atom stereocenters. The zero-order valence-corrected chi connectivity index (χ0v) is 23.7. The fourth-order valence-electron chi connectivity index (χ4n) is 3.32. The summed E-state index contributed by atoms with van der Waals surface area (Å²) in [5.41, 5.74) is 3.23. The molecular formula is C42H19NO2. The van der Waals surface area contributed by atoms with Gasteiger partial charge in [0.25, 0.3) is 0 Å². The van der Waals surface area contributed by atoms with E-state index < -0.39 is 0 Å². The predicted molar refractivity (Wildman–Crippen MR) is 177 cm³/mol. The molecule has 2 N–H and O–H groups in total. The van der Waals surface area contributed by atoms with Gasteiger partial charge in [-0.05, 0) is 88.3 Å². The molecule has 0 fully saturated rings. The Morgan fingerprint density at radius 2 is 0.956 bits per heavy atom. The number of rotatable bonds is 6. The molecule has 3 aromatic carbocycles. The van der Waals surface area contributed by atoms with Crippen LogP contribution >= 0.6 is 0 Å². The summed E-state index contributed by atoms with van der Waals surface area (Å²) in [6.07, 6.45) is 7.50. The van der Waals surface area contributed by atoms with Crippen molar-refractivity contribution in [3.05, 3.63) is 95.6 Å². The first kappa shape index (κ1) is 31.9. The smallest absolute Gasteiger partial charge is 0.140 e. The van der Waals surface area contributed by atoms with Gasteiger partial charge in [0.2, 0.25) is 0 Å². The lowest BCUT2D eigenvalue weighted by Gasteiger charge is -2.20. The lowest BCUT2D eigenvalue weighted by atomic mass is 9.98. The number of phenols is 1. The molecule has 3 aromatic rings. The van der Waals surface area contributed by atoms with Crippen molar-refractivity contribution in [2.24, 2.45) is 0 Å². The van der Waals surface area contributed by atoms with E-state index >= 15 is 0 Å². The van der Waals surface area contributed by atoms with Crippen molar-refractivity contribution in [3.8, 4) is 142 Å². The summed E-state index contributed by atoms with van der Waals surface area (Å²) in [4.78, 5) is 0. The number of aromatic hydroxyl groups is 1. The van der Waals surface area contributed by atoms with Gasteiger partial charge in [-0.15, -0.1) is 6.42 Å². The molecule has 0 saturated heterocycles. The molecule has 0 radical (unpaired) electrons. The Balaban J connectivity index is 1.49. The number of phenolic OH excluding ortho intramolecular Hbond substituents is 1. The largest absolute Gasteiger partial charge is 0.508 e. The first-order valence-corrected chi connectivity index (χ1v) is 13.0. The standard InChI is InChI=1S/C42H19NO2/c1-2-3-4-5-6-7-8-9-10-11-12-13-14-15-16-17-18-19-20-24-35-45-41-33-29-39(30-34-41)42(38-27-31-40(44)32-28-38)43-36-37-25-22-21-23-26-37/h1,21-23,25-34,42-44H,36H2. The van der Waals surface area contributed by atoms with Crippen LogP contribution in [0.15, 0.2) is 78.9 Å². The molecule has 204 valence electrons. The molecule has 0 saturated carbocycles. The Morgan fingerprint density at radius 3 is 1.42 bits per heavy atom. The Kier molecular flexibility index (Phi) is 14.4. The van der Waals surface area contributed by atoms with E-state index in [1.807, 2.05) is 54.6 Å². The second kappa shape index (κ2) is 20.3. The summed E-state index contributed by atoms with van der Waals surface area (Å²) in [7, 11) is 0. The minimum absolute atomic E-state index is 0.0879. The number of hydrogen-bond donors (Lipinski definition) is 2. The predicted octanol–water partition coefficient (Wildman–Crippen LogP) is 4.27. The van der Waals surface area contributed by atoms with E-state index in [-0.39, 0.29) is 11.8 Å². The van der Waals surface area contributed by atoms with Gasteiger partial charge in [0.05, 0.1) is 6.04 Å². The number of nitrogens with one attached hydrogen (secondary N) is 1. The van der Waals surface area contributed by atoms with Crippen molar-refractivity contribution < 1.29 is 9.84 Å². The molecule has 0 spiro atoms. The van der Waals surface area contributed by atoms with Gasteiger partial charge in [0, 0.05) is 77.6 Å². The van der Waals surface area contributed by atoms with Crippen LogP contribution in [0.25, 0.3) is 0 Å². The van der Waals surface area contributed by atoms with Crippen molar-refractivity contribution >= 4 is 0 Å². The highest BCUT2D eigenvalue weighted by Gasteiger charge is 2.14. The monoisotopic (exact) mass is 569 g/mol. The van der Waals surface area contributed by atoms with Crippen LogP contribution in [0.4, 0.5) is 0 Å². The third-order valence-corrected chi connectivity index (χ3v) is 5.21. The topological polar surface area (TPSA) is 41.5 Å². The molecule has 0 aliphatic carbocycles. The third kappa shape index (κ3) is 13.5. The second-order valence-corrected chi connectivity index (χ2v) is 8.18. The van der Waals surface area contributed by atoms with Gasteiger partial charge in [-0.25, -0.2) is 0 Å². The maximum absolute atomic E-state index is 9.72. The normalized spacial score (nSPS) is 8.16. The van der Waals surface area contributed by atoms with Gasteiger partial charge in [-0.2, -0.15) is 0 Å². The highest BCUT2D eigenvalue weighted by atomic mass is 16.5. The highest BCUT2D eigenvalue weighted by Crippen LogP contribution is 2.26. The van der Waals surface area contributed by atoms with Crippen molar-refractivity contribution in [1.29, 1.82) is 0 Å². The summed E-state index contributed by atoms with van der Waals surface area (Å²) < 4.78 is 5.47. The SMILES string of the molecule is C#CC#CC#CC#CC#CC#CC#CC#CC#CC#CC#COc1ccc(C(NCc2ccccc2)c2ccc(O)cc2)cc1. The van der Waals surface area contributed by atoms with Gasteiger partial charge in [0.1, 0.15) is 17.6 Å². The average molecular weight is 570 g/mol. The molecule has 1 unspecified atom stereocenters. The number of benzene rings is 3. The lowest BCUT2D eigenvalue weighted by Crippen LogP contribution is -2.22. The molecule has 0 heterocycles. The molecule has 3 rings (SSSR count). The maximum atomic E-state index is 9.72. The summed E-state index contributed by atoms with van der Waals surface area (Å²) in [5.74, 6) is 50.6. The van der Waals surface area contributed by atoms with Crippen LogP contribution in [0, 0.1) is 131 Å². The number of terminal acetylenes is 1. The minimum Gasteiger partial charge on any atom is -0.508 e. The van der Waals surface area contributed by atoms with Gasteiger partial charge in [-0.3, -0.25) is 0 Å². The van der Waals surface area contributed by atoms with Crippen LogP contribution in [-0.2, 0) is 6.54 Å². The molecule has 0 amide bonds. The Bertz CT molecular complexity index is 2190. The molecule has 0 aromatic heterocycles. The first-order valence-electron chi connectivity index (χ1n) is 13.0. The van der Waals surface area contributed by atoms with E-state index in [2.05, 4.69) is 142 Å². The van der Waals surface area contributed by atoms with Crippen LogP contribution < -0.4 is 10.1 Å². The first-order chi connectivity index (χ1) is 22.3. The van der Waals surface area contributed by atoms with Crippen molar-refractivity contribution in [3.63, 3.8) is 0 Å². The fraction of sp³-hybridized carbons (Fsp3) is 0.0476. The summed E-state index contributed by atoms with van der Waals surface area (Å²) >= 11 is 0. The Morgan fingerprint density at radius 1 is 0.533 bits per heavy atom. The Labute approximate surface area is 265 Å². The van der Waals surface area contributed by atoms with Gasteiger partial charge in [-0.1, -0.05) is 54.6 Å². The number of hydrogen-bond acceptors (Lipinski definition) is 3. The number of ether oxygens (including phenoxy) is 1. The van der Waals surface area contributed by atoms with Gasteiger partial charge < -0.3 is 15.2 Å². The van der Waals surface area contributed by atoms with E-state index in [1.165, 1.54) is 5.56 Å². The fourth-order valence-corrected chi connectivity index (χ4v) is 3.32. The summed E-state index contributed by atoms with van der Waals surface area (Å²) in [6, 6.07) is 24.9. The molecule has 3 nitrogen and oxygen atoms in total. The third-order valence-electron chi connectivity index (χ3n) is 5.21. The highest BCUT2D eigenvalue weighted by molar-refractivity contribution is 5.47. The lowest BCUT2D eigenvalue weighted by molar-refractivity contribution is 0.474. The molecule has 0 aliphatic heterocycles.